The number of ether oxygens (including phenoxy) is 2. The molecule has 2 aromatic carbocycles. The van der Waals surface area contributed by atoms with Crippen LogP contribution in [0.25, 0.3) is 11.3 Å². The monoisotopic (exact) mass is 662 g/mol. The number of halogens is 2. The molecule has 4 rings (SSSR count). The fourth-order valence-electron chi connectivity index (χ4n) is 5.92. The van der Waals surface area contributed by atoms with Crippen molar-refractivity contribution in [3.8, 4) is 24.1 Å². The van der Waals surface area contributed by atoms with E-state index in [1.165, 1.54) is 7.11 Å². The Morgan fingerprint density at radius 2 is 1.77 bits per heavy atom. The van der Waals surface area contributed by atoms with Gasteiger partial charge in [0.1, 0.15) is 29.7 Å². The van der Waals surface area contributed by atoms with Gasteiger partial charge in [-0.05, 0) is 56.4 Å². The predicted octanol–water partition coefficient (Wildman–Crippen LogP) is 7.36. The number of hydrogen-bond acceptors (Lipinski definition) is 5. The van der Waals surface area contributed by atoms with Gasteiger partial charge >= 0.3 is 6.09 Å². The first-order valence-corrected chi connectivity index (χ1v) is 15.9. The van der Waals surface area contributed by atoms with Gasteiger partial charge in [-0.1, -0.05) is 57.2 Å². The van der Waals surface area contributed by atoms with Gasteiger partial charge in [0.2, 0.25) is 5.91 Å². The maximum Gasteiger partial charge on any atom is 0.410 e. The van der Waals surface area contributed by atoms with Crippen LogP contribution in [0.1, 0.15) is 59.0 Å². The Hall–Kier alpha value is -4.49. The van der Waals surface area contributed by atoms with Gasteiger partial charge in [0.15, 0.2) is 0 Å². The minimum absolute atomic E-state index is 0.0235. The van der Waals surface area contributed by atoms with Crippen molar-refractivity contribution in [2.45, 2.75) is 59.7 Å². The fourth-order valence-corrected chi connectivity index (χ4v) is 5.92. The number of amides is 2. The van der Waals surface area contributed by atoms with E-state index >= 15 is 4.39 Å². The molecule has 1 aliphatic heterocycles. The maximum atomic E-state index is 15.1. The van der Waals surface area contributed by atoms with Crippen molar-refractivity contribution in [3.05, 3.63) is 90.4 Å². The van der Waals surface area contributed by atoms with E-state index < -0.39 is 28.7 Å². The first-order chi connectivity index (χ1) is 22.6. The summed E-state index contributed by atoms with van der Waals surface area (Å²) >= 11 is 0. The lowest BCUT2D eigenvalue weighted by atomic mass is 9.81. The Kier molecular flexibility index (Phi) is 12.7. The Labute approximate surface area is 283 Å². The Morgan fingerprint density at radius 1 is 1.10 bits per heavy atom. The van der Waals surface area contributed by atoms with Gasteiger partial charge in [-0.2, -0.15) is 0 Å². The van der Waals surface area contributed by atoms with Gasteiger partial charge in [0, 0.05) is 50.5 Å². The summed E-state index contributed by atoms with van der Waals surface area (Å²) < 4.78 is 42.3. The van der Waals surface area contributed by atoms with Gasteiger partial charge in [0.25, 0.3) is 0 Å². The number of likely N-dealkylation sites (tertiary alicyclic amines) is 1. The molecule has 0 radical (unpaired) electrons. The lowest BCUT2D eigenvalue weighted by molar-refractivity contribution is -0.141. The molecule has 0 unspecified atom stereocenters. The molecule has 0 aliphatic carbocycles. The Morgan fingerprint density at radius 3 is 2.38 bits per heavy atom. The van der Waals surface area contributed by atoms with Crippen LogP contribution in [0.15, 0.2) is 67.4 Å². The summed E-state index contributed by atoms with van der Waals surface area (Å²) in [5.41, 5.74) is -0.122. The van der Waals surface area contributed by atoms with Crippen molar-refractivity contribution in [1.82, 2.24) is 19.4 Å². The number of nitrogens with zero attached hydrogens (tertiary/aromatic N) is 4. The standard InChI is InChI=1S/C36H46F2N4O4.C2H2/c1-9-36(6,7)32(42(31(43)23-45-8)21-26-20-41(18-24(26)2)34(44)46-35(3,4)5)33-39-30(28-17-27(37)15-16-29(28)38)22-40(33)19-25-13-11-10-12-14-25;1-2/h9-17,22,24,26,32H,1,18-21,23H2,2-8H3;1-2H/t24-,26-,32-;/m0./s1. The van der Waals surface area contributed by atoms with Crippen molar-refractivity contribution in [1.29, 1.82) is 0 Å². The second-order valence-corrected chi connectivity index (χ2v) is 13.8. The quantitative estimate of drug-likeness (QED) is 0.159. The number of hydrogen-bond donors (Lipinski definition) is 0. The van der Waals surface area contributed by atoms with Gasteiger partial charge in [-0.25, -0.2) is 18.6 Å². The average molecular weight is 663 g/mol. The van der Waals surface area contributed by atoms with Crippen molar-refractivity contribution >= 4 is 12.0 Å². The van der Waals surface area contributed by atoms with Gasteiger partial charge < -0.3 is 23.8 Å². The molecule has 0 saturated carbocycles. The van der Waals surface area contributed by atoms with E-state index in [0.29, 0.717) is 32.0 Å². The van der Waals surface area contributed by atoms with Crippen LogP contribution in [0, 0.1) is 41.7 Å². The van der Waals surface area contributed by atoms with E-state index in [9.17, 15) is 14.0 Å². The molecular weight excluding hydrogens is 614 g/mol. The molecule has 3 aromatic rings. The van der Waals surface area contributed by atoms with Crippen LogP contribution in [0.5, 0.6) is 0 Å². The molecule has 258 valence electrons. The number of aromatic nitrogens is 2. The topological polar surface area (TPSA) is 76.9 Å². The van der Waals surface area contributed by atoms with Crippen LogP contribution in [0.2, 0.25) is 0 Å². The number of carbonyl (C=O) groups is 2. The third-order valence-electron chi connectivity index (χ3n) is 8.43. The SMILES string of the molecule is C#C.C=CC(C)(C)[C@H](c1nc(-c2cc(F)ccc2F)cn1Cc1ccccc1)N(C[C@@H]1CN(C(=O)OC(C)(C)C)C[C@@H]1C)C(=O)COC. The van der Waals surface area contributed by atoms with Crippen molar-refractivity contribution in [3.63, 3.8) is 0 Å². The van der Waals surface area contributed by atoms with Crippen molar-refractivity contribution in [2.75, 3.05) is 33.4 Å². The summed E-state index contributed by atoms with van der Waals surface area (Å²) in [6.07, 6.45) is 11.1. The van der Waals surface area contributed by atoms with Crippen LogP contribution in [-0.2, 0) is 20.8 Å². The van der Waals surface area contributed by atoms with Crippen LogP contribution >= 0.6 is 0 Å². The molecule has 2 heterocycles. The lowest BCUT2D eigenvalue weighted by Gasteiger charge is -2.41. The van der Waals surface area contributed by atoms with Gasteiger partial charge in [-0.15, -0.1) is 19.4 Å². The molecule has 0 spiro atoms. The first kappa shape index (κ1) is 38.0. The van der Waals surface area contributed by atoms with E-state index in [4.69, 9.17) is 14.5 Å². The van der Waals surface area contributed by atoms with Crippen molar-refractivity contribution in [2.24, 2.45) is 17.3 Å². The number of methoxy groups -OCH3 is 1. The normalized spacial score (nSPS) is 16.9. The predicted molar refractivity (Wildman–Crippen MR) is 184 cm³/mol. The highest BCUT2D eigenvalue weighted by atomic mass is 19.1. The zero-order valence-corrected chi connectivity index (χ0v) is 29.1. The summed E-state index contributed by atoms with van der Waals surface area (Å²) in [6, 6.07) is 12.3. The molecule has 0 N–H and O–H groups in total. The second kappa shape index (κ2) is 16.1. The van der Waals surface area contributed by atoms with Crippen LogP contribution in [0.3, 0.4) is 0 Å². The van der Waals surface area contributed by atoms with E-state index in [1.54, 1.807) is 22.1 Å². The summed E-state index contributed by atoms with van der Waals surface area (Å²) in [5, 5.41) is 0. The fraction of sp³-hybridized carbons (Fsp3) is 0.447. The summed E-state index contributed by atoms with van der Waals surface area (Å²) in [5.74, 6) is -0.969. The smallest absolute Gasteiger partial charge is 0.410 e. The highest BCUT2D eigenvalue weighted by Crippen LogP contribution is 2.42. The van der Waals surface area contributed by atoms with Crippen LogP contribution < -0.4 is 0 Å². The number of benzene rings is 2. The molecule has 10 heteroatoms. The maximum absolute atomic E-state index is 15.1. The molecule has 1 fully saturated rings. The first-order valence-electron chi connectivity index (χ1n) is 15.9. The second-order valence-electron chi connectivity index (χ2n) is 13.8. The summed E-state index contributed by atoms with van der Waals surface area (Å²) in [6.45, 7) is 17.0. The van der Waals surface area contributed by atoms with Crippen molar-refractivity contribution < 1.29 is 27.8 Å². The molecule has 48 heavy (non-hydrogen) atoms. The van der Waals surface area contributed by atoms with Gasteiger partial charge in [0.05, 0.1) is 11.7 Å². The Balaban J connectivity index is 0.00000307. The van der Waals surface area contributed by atoms with Crippen LogP contribution in [0.4, 0.5) is 13.6 Å². The molecule has 8 nitrogen and oxygen atoms in total. The molecule has 1 aromatic heterocycles. The summed E-state index contributed by atoms with van der Waals surface area (Å²) in [7, 11) is 1.47. The van der Waals surface area contributed by atoms with E-state index in [-0.39, 0.29) is 41.7 Å². The van der Waals surface area contributed by atoms with Crippen LogP contribution in [-0.4, -0.2) is 70.3 Å². The zero-order valence-electron chi connectivity index (χ0n) is 29.1. The molecule has 2 amide bonds. The highest BCUT2D eigenvalue weighted by Gasteiger charge is 2.43. The zero-order chi connectivity index (χ0) is 35.8. The third kappa shape index (κ3) is 9.32. The van der Waals surface area contributed by atoms with Gasteiger partial charge in [-0.3, -0.25) is 4.79 Å². The number of carbonyl (C=O) groups excluding carboxylic acids is 2. The number of imidazole rings is 1. The molecular formula is C38H48F2N4O4. The molecule has 3 atom stereocenters. The minimum Gasteiger partial charge on any atom is -0.444 e. The highest BCUT2D eigenvalue weighted by molar-refractivity contribution is 5.78. The number of terminal acetylenes is 1. The molecule has 1 saturated heterocycles. The molecule has 0 bridgehead atoms. The largest absolute Gasteiger partial charge is 0.444 e. The average Bonchev–Trinajstić information content (AvgIpc) is 3.61. The Bertz CT molecular complexity index is 1580. The third-order valence-corrected chi connectivity index (χ3v) is 8.43. The number of rotatable bonds is 11. The molecule has 1 aliphatic rings. The van der Waals surface area contributed by atoms with E-state index in [1.807, 2.05) is 69.5 Å². The van der Waals surface area contributed by atoms with E-state index in [2.05, 4.69) is 26.3 Å². The lowest BCUT2D eigenvalue weighted by Crippen LogP contribution is -2.47. The minimum atomic E-state index is -0.729. The van der Waals surface area contributed by atoms with E-state index in [0.717, 1.165) is 23.8 Å². The summed E-state index contributed by atoms with van der Waals surface area (Å²) in [4.78, 5) is 35.3.